The molecule has 3 heterocycles. The number of imide groups is 1. The number of hydrogen-bond acceptors (Lipinski definition) is 5. The Balaban J connectivity index is 1.81. The normalized spacial score (nSPS) is 34.3. The van der Waals surface area contributed by atoms with Crippen molar-refractivity contribution in [1.29, 1.82) is 0 Å². The molecule has 2 bridgehead atoms. The molecule has 0 aromatic heterocycles. The topological polar surface area (TPSA) is 89.8 Å². The second kappa shape index (κ2) is 4.39. The third kappa shape index (κ3) is 1.74. The van der Waals surface area contributed by atoms with E-state index in [0.717, 1.165) is 11.0 Å². The van der Waals surface area contributed by atoms with Gasteiger partial charge in [0, 0.05) is 12.1 Å². The summed E-state index contributed by atoms with van der Waals surface area (Å²) in [6, 6.07) is 3.69. The van der Waals surface area contributed by atoms with E-state index in [-0.39, 0.29) is 16.4 Å². The summed E-state index contributed by atoms with van der Waals surface area (Å²) in [7, 11) is 0. The van der Waals surface area contributed by atoms with Crippen molar-refractivity contribution in [2.75, 3.05) is 4.90 Å². The lowest BCUT2D eigenvalue weighted by Crippen LogP contribution is -2.38. The first-order chi connectivity index (χ1) is 10.8. The Kier molecular flexibility index (Phi) is 2.74. The van der Waals surface area contributed by atoms with Crippen molar-refractivity contribution in [2.45, 2.75) is 18.6 Å². The Hall–Kier alpha value is -2.25. The molecule has 4 atom stereocenters. The van der Waals surface area contributed by atoms with Crippen LogP contribution in [0.25, 0.3) is 0 Å². The molecular weight excluding hydrogens is 324 g/mol. The molecule has 0 saturated carbocycles. The van der Waals surface area contributed by atoms with Crippen molar-refractivity contribution in [3.63, 3.8) is 0 Å². The van der Waals surface area contributed by atoms with Crippen molar-refractivity contribution < 1.29 is 19.2 Å². The van der Waals surface area contributed by atoms with E-state index in [9.17, 15) is 19.7 Å². The Bertz CT molecular complexity index is 807. The predicted molar refractivity (Wildman–Crippen MR) is 80.0 cm³/mol. The molecule has 8 heteroatoms. The van der Waals surface area contributed by atoms with Gasteiger partial charge in [-0.25, -0.2) is 4.90 Å². The summed E-state index contributed by atoms with van der Waals surface area (Å²) in [4.78, 5) is 36.8. The van der Waals surface area contributed by atoms with Crippen LogP contribution in [-0.2, 0) is 14.3 Å². The molecule has 23 heavy (non-hydrogen) atoms. The molecule has 0 aliphatic carbocycles. The molecule has 1 aromatic carbocycles. The number of nitrogens with zero attached hydrogens (tertiary/aromatic N) is 2. The summed E-state index contributed by atoms with van der Waals surface area (Å²) < 4.78 is 5.72. The molecule has 2 saturated heterocycles. The maximum Gasteiger partial charge on any atom is 0.271 e. The second-order valence-corrected chi connectivity index (χ2v) is 6.44. The van der Waals surface area contributed by atoms with E-state index < -0.39 is 40.3 Å². The number of anilines is 1. The molecule has 0 radical (unpaired) electrons. The summed E-state index contributed by atoms with van der Waals surface area (Å²) in [5.41, 5.74) is -0.997. The fourth-order valence-electron chi connectivity index (χ4n) is 3.68. The van der Waals surface area contributed by atoms with Gasteiger partial charge in [0.15, 0.2) is 0 Å². The molecule has 0 unspecified atom stereocenters. The van der Waals surface area contributed by atoms with Gasteiger partial charge in [0.1, 0.15) is 0 Å². The third-order valence-electron chi connectivity index (χ3n) is 4.71. The zero-order chi connectivity index (χ0) is 16.5. The van der Waals surface area contributed by atoms with Crippen molar-refractivity contribution in [3.8, 4) is 0 Å². The quantitative estimate of drug-likeness (QED) is 0.357. The van der Waals surface area contributed by atoms with E-state index in [4.69, 9.17) is 16.3 Å². The highest BCUT2D eigenvalue weighted by atomic mass is 35.5. The molecular formula is C15H11ClN2O5. The molecule has 7 nitrogen and oxygen atoms in total. The first-order valence-corrected chi connectivity index (χ1v) is 7.40. The lowest BCUT2D eigenvalue weighted by molar-refractivity contribution is -0.384. The van der Waals surface area contributed by atoms with E-state index in [1.165, 1.54) is 12.1 Å². The van der Waals surface area contributed by atoms with Gasteiger partial charge < -0.3 is 4.74 Å². The maximum atomic E-state index is 12.8. The average molecular weight is 335 g/mol. The monoisotopic (exact) mass is 334 g/mol. The molecule has 3 aliphatic heterocycles. The van der Waals surface area contributed by atoms with Crippen LogP contribution in [0.2, 0.25) is 5.02 Å². The first kappa shape index (κ1) is 14.3. The Labute approximate surface area is 135 Å². The van der Waals surface area contributed by atoms with Crippen LogP contribution in [-0.4, -0.2) is 28.4 Å². The SMILES string of the molecule is C[C@]12C=C[C@@H](O1)[C@H]1C(=O)N(c3cc([N+](=O)[O-])ccc3Cl)C(=O)[C@@H]12. The fraction of sp³-hybridized carbons (Fsp3) is 0.333. The highest BCUT2D eigenvalue weighted by Crippen LogP contribution is 2.52. The molecule has 4 rings (SSSR count). The molecule has 0 N–H and O–H groups in total. The molecule has 0 spiro atoms. The summed E-state index contributed by atoms with van der Waals surface area (Å²) in [5.74, 6) is -2.09. The minimum Gasteiger partial charge on any atom is -0.362 e. The number of nitro benzene ring substituents is 1. The number of hydrogen-bond donors (Lipinski definition) is 0. The standard InChI is InChI=1S/C15H11ClN2O5/c1-15-5-4-10(23-15)11-12(15)14(20)17(13(11)19)9-6-7(18(21)22)2-3-8(9)16/h2-6,10-12H,1H3/t10-,11-,12-,15-/m1/s1. The van der Waals surface area contributed by atoms with E-state index >= 15 is 0 Å². The number of benzene rings is 1. The lowest BCUT2D eigenvalue weighted by Gasteiger charge is -2.24. The summed E-state index contributed by atoms with van der Waals surface area (Å²) in [6.07, 6.45) is 3.14. The van der Waals surface area contributed by atoms with E-state index in [1.807, 2.05) is 0 Å². The van der Waals surface area contributed by atoms with Crippen molar-refractivity contribution in [1.82, 2.24) is 0 Å². The van der Waals surface area contributed by atoms with Crippen LogP contribution in [0.3, 0.4) is 0 Å². The van der Waals surface area contributed by atoms with Crippen LogP contribution < -0.4 is 4.90 Å². The van der Waals surface area contributed by atoms with Gasteiger partial charge in [0.2, 0.25) is 11.8 Å². The second-order valence-electron chi connectivity index (χ2n) is 6.03. The van der Waals surface area contributed by atoms with Crippen molar-refractivity contribution in [3.05, 3.63) is 45.5 Å². The Morgan fingerprint density at radius 3 is 2.74 bits per heavy atom. The number of carbonyl (C=O) groups is 2. The predicted octanol–water partition coefficient (Wildman–Crippen LogP) is 2.08. The zero-order valence-corrected chi connectivity index (χ0v) is 12.7. The highest BCUT2D eigenvalue weighted by molar-refractivity contribution is 6.36. The van der Waals surface area contributed by atoms with E-state index in [0.29, 0.717) is 0 Å². The largest absolute Gasteiger partial charge is 0.362 e. The molecule has 1 aromatic rings. The van der Waals surface area contributed by atoms with Gasteiger partial charge in [0.05, 0.1) is 39.2 Å². The highest BCUT2D eigenvalue weighted by Gasteiger charge is 2.66. The summed E-state index contributed by atoms with van der Waals surface area (Å²) in [5, 5.41) is 11.1. The Morgan fingerprint density at radius 2 is 2.09 bits per heavy atom. The molecule has 2 amide bonds. The van der Waals surface area contributed by atoms with Gasteiger partial charge in [-0.3, -0.25) is 19.7 Å². The van der Waals surface area contributed by atoms with Crippen molar-refractivity contribution in [2.24, 2.45) is 11.8 Å². The van der Waals surface area contributed by atoms with E-state index in [1.54, 1.807) is 19.1 Å². The Morgan fingerprint density at radius 1 is 1.35 bits per heavy atom. The van der Waals surface area contributed by atoms with Crippen molar-refractivity contribution >= 4 is 34.8 Å². The number of ether oxygens (including phenoxy) is 1. The van der Waals surface area contributed by atoms with Gasteiger partial charge in [-0.15, -0.1) is 0 Å². The average Bonchev–Trinajstić information content (AvgIpc) is 3.09. The summed E-state index contributed by atoms with van der Waals surface area (Å²) >= 11 is 6.08. The number of nitro groups is 1. The van der Waals surface area contributed by atoms with Crippen LogP contribution in [0, 0.1) is 22.0 Å². The lowest BCUT2D eigenvalue weighted by atomic mass is 9.78. The van der Waals surface area contributed by atoms with Gasteiger partial charge in [-0.2, -0.15) is 0 Å². The molecule has 3 aliphatic rings. The van der Waals surface area contributed by atoms with Crippen LogP contribution in [0.1, 0.15) is 6.92 Å². The minimum absolute atomic E-state index is 0.0493. The molecule has 2 fully saturated rings. The maximum absolute atomic E-state index is 12.8. The summed E-state index contributed by atoms with van der Waals surface area (Å²) in [6.45, 7) is 1.76. The number of rotatable bonds is 2. The van der Waals surface area contributed by atoms with E-state index in [2.05, 4.69) is 0 Å². The minimum atomic E-state index is -0.815. The van der Waals surface area contributed by atoms with Gasteiger partial charge >= 0.3 is 0 Å². The van der Waals surface area contributed by atoms with Crippen LogP contribution >= 0.6 is 11.6 Å². The van der Waals surface area contributed by atoms with Gasteiger partial charge in [-0.1, -0.05) is 23.8 Å². The van der Waals surface area contributed by atoms with Crippen LogP contribution in [0.15, 0.2) is 30.4 Å². The zero-order valence-electron chi connectivity index (χ0n) is 11.9. The van der Waals surface area contributed by atoms with Crippen LogP contribution in [0.5, 0.6) is 0 Å². The number of amides is 2. The molecule has 118 valence electrons. The number of non-ortho nitro benzene ring substituents is 1. The third-order valence-corrected chi connectivity index (χ3v) is 5.03. The first-order valence-electron chi connectivity index (χ1n) is 7.02. The number of halogens is 1. The van der Waals surface area contributed by atoms with Gasteiger partial charge in [0.25, 0.3) is 5.69 Å². The number of fused-ring (bicyclic) bond motifs is 5. The fourth-order valence-corrected chi connectivity index (χ4v) is 3.88. The number of carbonyl (C=O) groups excluding carboxylic acids is 2. The van der Waals surface area contributed by atoms with Gasteiger partial charge in [-0.05, 0) is 13.0 Å². The van der Waals surface area contributed by atoms with Crippen LogP contribution in [0.4, 0.5) is 11.4 Å². The smallest absolute Gasteiger partial charge is 0.271 e.